The van der Waals surface area contributed by atoms with Gasteiger partial charge in [-0.25, -0.2) is 0 Å². The summed E-state index contributed by atoms with van der Waals surface area (Å²) < 4.78 is 5.40. The van der Waals surface area contributed by atoms with Gasteiger partial charge in [-0.2, -0.15) is 0 Å². The van der Waals surface area contributed by atoms with Crippen LogP contribution in [0.1, 0.15) is 24.5 Å². The summed E-state index contributed by atoms with van der Waals surface area (Å²) in [6.07, 6.45) is 4.34. The molecule has 3 rings (SSSR count). The fourth-order valence-corrected chi connectivity index (χ4v) is 2.96. The van der Waals surface area contributed by atoms with Crippen molar-refractivity contribution in [2.45, 2.75) is 19.8 Å². The van der Waals surface area contributed by atoms with Crippen molar-refractivity contribution in [1.82, 2.24) is 0 Å². The summed E-state index contributed by atoms with van der Waals surface area (Å²) in [5, 5.41) is 5.68. The maximum atomic E-state index is 12.1. The van der Waals surface area contributed by atoms with Crippen LogP contribution in [0.5, 0.6) is 5.75 Å². The van der Waals surface area contributed by atoms with Gasteiger partial charge in [0.15, 0.2) is 0 Å². The minimum atomic E-state index is -0.228. The van der Waals surface area contributed by atoms with Crippen LogP contribution >= 0.6 is 0 Å². The van der Waals surface area contributed by atoms with Gasteiger partial charge in [-0.05, 0) is 66.9 Å². The number of aryl methyl sites for hydroxylation is 1. The van der Waals surface area contributed by atoms with Gasteiger partial charge in [-0.15, -0.1) is 0 Å². The van der Waals surface area contributed by atoms with Crippen molar-refractivity contribution >= 4 is 29.3 Å². The summed E-state index contributed by atoms with van der Waals surface area (Å²) in [5.41, 5.74) is 3.39. The van der Waals surface area contributed by atoms with Crippen molar-refractivity contribution in [2.24, 2.45) is 0 Å². The van der Waals surface area contributed by atoms with E-state index in [0.717, 1.165) is 16.9 Å². The Balaban J connectivity index is 1.45. The molecule has 0 atom stereocenters. The molecule has 2 N–H and O–H groups in total. The Morgan fingerprint density at radius 1 is 0.839 bits per heavy atom. The minimum Gasteiger partial charge on any atom is -0.494 e. The van der Waals surface area contributed by atoms with E-state index in [9.17, 15) is 9.59 Å². The lowest BCUT2D eigenvalue weighted by molar-refractivity contribution is -0.116. The number of carbonyl (C=O) groups is 2. The molecule has 158 valence electrons. The Bertz CT molecular complexity index is 1010. The lowest BCUT2D eigenvalue weighted by Gasteiger charge is -2.07. The van der Waals surface area contributed by atoms with Crippen LogP contribution < -0.4 is 15.4 Å². The summed E-state index contributed by atoms with van der Waals surface area (Å²) >= 11 is 0. The van der Waals surface area contributed by atoms with E-state index >= 15 is 0 Å². The van der Waals surface area contributed by atoms with Crippen molar-refractivity contribution in [3.8, 4) is 5.75 Å². The fourth-order valence-electron chi connectivity index (χ4n) is 2.96. The number of carbonyl (C=O) groups excluding carboxylic acids is 2. The molecule has 0 unspecified atom stereocenters. The second-order valence-corrected chi connectivity index (χ2v) is 6.94. The molecule has 3 aromatic rings. The molecular formula is C26H26N2O3. The van der Waals surface area contributed by atoms with Gasteiger partial charge in [-0.1, -0.05) is 42.5 Å². The lowest BCUT2D eigenvalue weighted by Crippen LogP contribution is -2.12. The molecule has 0 aromatic heterocycles. The third kappa shape index (κ3) is 7.48. The van der Waals surface area contributed by atoms with E-state index in [1.54, 1.807) is 30.3 Å². The molecule has 0 aliphatic carbocycles. The number of amides is 2. The highest BCUT2D eigenvalue weighted by Crippen LogP contribution is 2.15. The molecule has 0 aliphatic heterocycles. The average molecular weight is 415 g/mol. The Morgan fingerprint density at radius 3 is 2.13 bits per heavy atom. The zero-order valence-electron chi connectivity index (χ0n) is 17.5. The van der Waals surface area contributed by atoms with Gasteiger partial charge in [0.1, 0.15) is 5.75 Å². The van der Waals surface area contributed by atoms with E-state index in [2.05, 4.69) is 10.6 Å². The smallest absolute Gasteiger partial charge is 0.248 e. The van der Waals surface area contributed by atoms with E-state index in [0.29, 0.717) is 30.8 Å². The Morgan fingerprint density at radius 2 is 1.48 bits per heavy atom. The highest BCUT2D eigenvalue weighted by Gasteiger charge is 2.04. The van der Waals surface area contributed by atoms with Crippen LogP contribution in [0.15, 0.2) is 84.9 Å². The Hall–Kier alpha value is -3.86. The summed E-state index contributed by atoms with van der Waals surface area (Å²) in [4.78, 5) is 24.3. The quantitative estimate of drug-likeness (QED) is 0.466. The van der Waals surface area contributed by atoms with Gasteiger partial charge < -0.3 is 15.4 Å². The van der Waals surface area contributed by atoms with E-state index in [1.165, 1.54) is 6.08 Å². The third-order valence-corrected chi connectivity index (χ3v) is 4.54. The second kappa shape index (κ2) is 11.4. The van der Waals surface area contributed by atoms with Crippen LogP contribution in [0.25, 0.3) is 6.08 Å². The molecular weight excluding hydrogens is 388 g/mol. The molecule has 0 aliphatic rings. The van der Waals surface area contributed by atoms with Crippen LogP contribution in [0.3, 0.4) is 0 Å². The monoisotopic (exact) mass is 414 g/mol. The molecule has 5 nitrogen and oxygen atoms in total. The number of benzene rings is 3. The predicted octanol–water partition coefficient (Wildman–Crippen LogP) is 5.31. The molecule has 31 heavy (non-hydrogen) atoms. The first kappa shape index (κ1) is 21.8. The summed E-state index contributed by atoms with van der Waals surface area (Å²) in [5.74, 6) is 0.531. The first-order chi connectivity index (χ1) is 15.1. The summed E-state index contributed by atoms with van der Waals surface area (Å²) in [6.45, 7) is 2.55. The molecule has 0 bridgehead atoms. The van der Waals surface area contributed by atoms with Crippen molar-refractivity contribution in [2.75, 3.05) is 17.2 Å². The molecule has 5 heteroatoms. The van der Waals surface area contributed by atoms with Crippen molar-refractivity contribution in [3.63, 3.8) is 0 Å². The van der Waals surface area contributed by atoms with Gasteiger partial charge in [-0.3, -0.25) is 9.59 Å². The molecule has 0 spiro atoms. The number of hydrogen-bond donors (Lipinski definition) is 2. The second-order valence-electron chi connectivity index (χ2n) is 6.94. The van der Waals surface area contributed by atoms with E-state index in [-0.39, 0.29) is 11.8 Å². The van der Waals surface area contributed by atoms with Gasteiger partial charge >= 0.3 is 0 Å². The van der Waals surface area contributed by atoms with Crippen LogP contribution in [0.4, 0.5) is 11.4 Å². The zero-order chi connectivity index (χ0) is 21.9. The lowest BCUT2D eigenvalue weighted by atomic mass is 10.1. The number of anilines is 2. The van der Waals surface area contributed by atoms with Gasteiger partial charge in [0, 0.05) is 23.9 Å². The van der Waals surface area contributed by atoms with Crippen molar-refractivity contribution in [1.29, 1.82) is 0 Å². The van der Waals surface area contributed by atoms with Crippen molar-refractivity contribution in [3.05, 3.63) is 96.1 Å². The molecule has 0 saturated heterocycles. The fraction of sp³-hybridized carbons (Fsp3) is 0.154. The van der Waals surface area contributed by atoms with E-state index in [1.807, 2.05) is 61.5 Å². The molecule has 0 radical (unpaired) electrons. The SMILES string of the molecule is CCOc1ccc(/C=C/C(=O)Nc2ccc(NC(=O)CCc3ccccc3)cc2)cc1. The van der Waals surface area contributed by atoms with E-state index < -0.39 is 0 Å². The average Bonchev–Trinajstić information content (AvgIpc) is 2.79. The van der Waals surface area contributed by atoms with Crippen LogP contribution in [-0.4, -0.2) is 18.4 Å². The van der Waals surface area contributed by atoms with Crippen LogP contribution in [-0.2, 0) is 16.0 Å². The molecule has 0 saturated carbocycles. The minimum absolute atomic E-state index is 0.0427. The molecule has 2 amide bonds. The molecule has 0 fully saturated rings. The standard InChI is InChI=1S/C26H26N2O3/c1-2-31-24-16-8-21(9-17-24)11-19-26(30)28-23-14-12-22(13-15-23)27-25(29)18-10-20-6-4-3-5-7-20/h3-9,11-17,19H,2,10,18H2,1H3,(H,27,29)(H,28,30)/b19-11+. The maximum Gasteiger partial charge on any atom is 0.248 e. The molecule has 0 heterocycles. The van der Waals surface area contributed by atoms with Crippen LogP contribution in [0, 0.1) is 0 Å². The number of ether oxygens (including phenoxy) is 1. The van der Waals surface area contributed by atoms with Gasteiger partial charge in [0.05, 0.1) is 6.61 Å². The topological polar surface area (TPSA) is 67.4 Å². The largest absolute Gasteiger partial charge is 0.494 e. The first-order valence-electron chi connectivity index (χ1n) is 10.3. The highest BCUT2D eigenvalue weighted by molar-refractivity contribution is 6.02. The predicted molar refractivity (Wildman–Crippen MR) is 125 cm³/mol. The summed E-state index contributed by atoms with van der Waals surface area (Å²) in [6, 6.07) is 24.5. The molecule has 3 aromatic carbocycles. The Labute approximate surface area is 182 Å². The van der Waals surface area contributed by atoms with Gasteiger partial charge in [0.2, 0.25) is 11.8 Å². The zero-order valence-corrected chi connectivity index (χ0v) is 17.5. The normalized spacial score (nSPS) is 10.6. The first-order valence-corrected chi connectivity index (χ1v) is 10.3. The van der Waals surface area contributed by atoms with Crippen LogP contribution in [0.2, 0.25) is 0 Å². The third-order valence-electron chi connectivity index (χ3n) is 4.54. The van der Waals surface area contributed by atoms with E-state index in [4.69, 9.17) is 4.74 Å². The maximum absolute atomic E-state index is 12.1. The van der Waals surface area contributed by atoms with Crippen molar-refractivity contribution < 1.29 is 14.3 Å². The van der Waals surface area contributed by atoms with Gasteiger partial charge in [0.25, 0.3) is 0 Å². The number of nitrogens with one attached hydrogen (secondary N) is 2. The summed E-state index contributed by atoms with van der Waals surface area (Å²) in [7, 11) is 0. The Kier molecular flexibility index (Phi) is 8.00. The number of hydrogen-bond acceptors (Lipinski definition) is 3. The number of rotatable bonds is 9. The highest BCUT2D eigenvalue weighted by atomic mass is 16.5.